The molecule has 0 saturated heterocycles. The Bertz CT molecular complexity index is 599. The van der Waals surface area contributed by atoms with Crippen molar-refractivity contribution in [2.45, 2.75) is 20.4 Å². The third-order valence-corrected chi connectivity index (χ3v) is 3.64. The molecule has 0 saturated carbocycles. The number of halogens is 2. The van der Waals surface area contributed by atoms with Crippen molar-refractivity contribution in [1.82, 2.24) is 0 Å². The van der Waals surface area contributed by atoms with Crippen LogP contribution >= 0.6 is 23.2 Å². The summed E-state index contributed by atoms with van der Waals surface area (Å²) in [6.45, 7) is 5.70. The smallest absolute Gasteiger partial charge is 0.119 e. The molecule has 0 radical (unpaired) electrons. The molecule has 1 N–H and O–H groups in total. The van der Waals surface area contributed by atoms with Crippen LogP contribution in [0.25, 0.3) is 0 Å². The molecule has 0 atom stereocenters. The number of nitrogens with one attached hydrogen (secondary N) is 1. The summed E-state index contributed by atoms with van der Waals surface area (Å²) in [5, 5.41) is 4.44. The van der Waals surface area contributed by atoms with Gasteiger partial charge in [0.15, 0.2) is 0 Å². The van der Waals surface area contributed by atoms with Crippen molar-refractivity contribution in [1.29, 1.82) is 0 Å². The predicted molar refractivity (Wildman–Crippen MR) is 90.6 cm³/mol. The van der Waals surface area contributed by atoms with E-state index in [0.717, 1.165) is 23.6 Å². The molecule has 112 valence electrons. The van der Waals surface area contributed by atoms with Crippen molar-refractivity contribution in [3.05, 3.63) is 58.1 Å². The van der Waals surface area contributed by atoms with Crippen LogP contribution in [0.5, 0.6) is 5.75 Å². The molecule has 2 aromatic carbocycles. The van der Waals surface area contributed by atoms with Crippen molar-refractivity contribution in [2.75, 3.05) is 11.9 Å². The summed E-state index contributed by atoms with van der Waals surface area (Å²) in [7, 11) is 0. The van der Waals surface area contributed by atoms with Crippen molar-refractivity contribution < 1.29 is 4.74 Å². The highest BCUT2D eigenvalue weighted by Gasteiger charge is 2.01. The number of hydrogen-bond donors (Lipinski definition) is 1. The van der Waals surface area contributed by atoms with E-state index in [1.54, 1.807) is 6.07 Å². The van der Waals surface area contributed by atoms with E-state index < -0.39 is 0 Å². The van der Waals surface area contributed by atoms with E-state index in [1.165, 1.54) is 0 Å². The molecule has 0 amide bonds. The molecular formula is C17H19Cl2NO. The Morgan fingerprint density at radius 2 is 1.86 bits per heavy atom. The van der Waals surface area contributed by atoms with Crippen molar-refractivity contribution in [2.24, 2.45) is 5.92 Å². The quantitative estimate of drug-likeness (QED) is 0.742. The van der Waals surface area contributed by atoms with Crippen LogP contribution in [-0.4, -0.2) is 6.61 Å². The summed E-state index contributed by atoms with van der Waals surface area (Å²) in [5.41, 5.74) is 2.10. The van der Waals surface area contributed by atoms with E-state index in [1.807, 2.05) is 30.3 Å². The molecule has 0 aliphatic heterocycles. The zero-order valence-corrected chi connectivity index (χ0v) is 13.7. The van der Waals surface area contributed by atoms with Gasteiger partial charge in [-0.2, -0.15) is 0 Å². The fourth-order valence-corrected chi connectivity index (χ4v) is 2.12. The van der Waals surface area contributed by atoms with E-state index in [0.29, 0.717) is 22.5 Å². The summed E-state index contributed by atoms with van der Waals surface area (Å²) < 4.78 is 5.73. The first-order valence-electron chi connectivity index (χ1n) is 6.95. The molecule has 0 fully saturated rings. The molecule has 0 aliphatic carbocycles. The molecule has 2 aromatic rings. The van der Waals surface area contributed by atoms with Crippen LogP contribution in [0.3, 0.4) is 0 Å². The van der Waals surface area contributed by atoms with Gasteiger partial charge < -0.3 is 10.1 Å². The molecule has 0 aliphatic rings. The van der Waals surface area contributed by atoms with Gasteiger partial charge in [0.05, 0.1) is 16.7 Å². The summed E-state index contributed by atoms with van der Waals surface area (Å²) >= 11 is 11.9. The van der Waals surface area contributed by atoms with Gasteiger partial charge in [0.1, 0.15) is 5.75 Å². The van der Waals surface area contributed by atoms with Gasteiger partial charge in [-0.15, -0.1) is 0 Å². The van der Waals surface area contributed by atoms with Gasteiger partial charge in [0.2, 0.25) is 0 Å². The molecule has 2 nitrogen and oxygen atoms in total. The van der Waals surface area contributed by atoms with Crippen LogP contribution in [-0.2, 0) is 6.54 Å². The molecular weight excluding hydrogens is 305 g/mol. The first kappa shape index (κ1) is 16.0. The topological polar surface area (TPSA) is 21.3 Å². The Labute approximate surface area is 136 Å². The lowest BCUT2D eigenvalue weighted by atomic mass is 10.2. The van der Waals surface area contributed by atoms with Gasteiger partial charge >= 0.3 is 0 Å². The number of ether oxygens (including phenoxy) is 1. The average molecular weight is 324 g/mol. The molecule has 21 heavy (non-hydrogen) atoms. The molecule has 0 heterocycles. The van der Waals surface area contributed by atoms with E-state index in [9.17, 15) is 0 Å². The maximum atomic E-state index is 6.00. The van der Waals surface area contributed by atoms with Gasteiger partial charge in [-0.25, -0.2) is 0 Å². The normalized spacial score (nSPS) is 10.7. The standard InChI is InChI=1S/C17H19Cl2NO/c1-12(2)11-21-15-5-3-4-13(8-15)10-20-14-6-7-16(18)17(19)9-14/h3-9,12,20H,10-11H2,1-2H3. The zero-order valence-electron chi connectivity index (χ0n) is 12.2. The molecule has 0 unspecified atom stereocenters. The second-order valence-electron chi connectivity index (χ2n) is 5.33. The van der Waals surface area contributed by atoms with Crippen molar-refractivity contribution in [3.8, 4) is 5.75 Å². The maximum absolute atomic E-state index is 6.00. The summed E-state index contributed by atoms with van der Waals surface area (Å²) in [5.74, 6) is 1.42. The summed E-state index contributed by atoms with van der Waals surface area (Å²) in [6, 6.07) is 13.6. The first-order valence-corrected chi connectivity index (χ1v) is 7.71. The Kier molecular flexibility index (Phi) is 5.77. The molecule has 2 rings (SSSR count). The predicted octanol–water partition coefficient (Wildman–Crippen LogP) is 5.64. The van der Waals surface area contributed by atoms with Gasteiger partial charge in [0, 0.05) is 12.2 Å². The van der Waals surface area contributed by atoms with Gasteiger partial charge in [-0.1, -0.05) is 49.2 Å². The highest BCUT2D eigenvalue weighted by molar-refractivity contribution is 6.42. The van der Waals surface area contributed by atoms with E-state index in [2.05, 4.69) is 25.2 Å². The highest BCUT2D eigenvalue weighted by Crippen LogP contribution is 2.25. The minimum absolute atomic E-state index is 0.517. The Balaban J connectivity index is 1.96. The molecule has 0 bridgehead atoms. The monoisotopic (exact) mass is 323 g/mol. The average Bonchev–Trinajstić information content (AvgIpc) is 2.47. The number of anilines is 1. The highest BCUT2D eigenvalue weighted by atomic mass is 35.5. The zero-order chi connectivity index (χ0) is 15.2. The second-order valence-corrected chi connectivity index (χ2v) is 6.15. The SMILES string of the molecule is CC(C)COc1cccc(CNc2ccc(Cl)c(Cl)c2)c1. The Hall–Kier alpha value is -1.38. The van der Waals surface area contributed by atoms with Crippen molar-refractivity contribution in [3.63, 3.8) is 0 Å². The van der Waals surface area contributed by atoms with Crippen LogP contribution in [0, 0.1) is 5.92 Å². The Morgan fingerprint density at radius 3 is 2.57 bits per heavy atom. The summed E-state index contributed by atoms with van der Waals surface area (Å²) in [6.07, 6.45) is 0. The number of benzene rings is 2. The lowest BCUT2D eigenvalue weighted by Crippen LogP contribution is -2.05. The first-order chi connectivity index (χ1) is 10.0. The van der Waals surface area contributed by atoms with Crippen LogP contribution in [0.15, 0.2) is 42.5 Å². The van der Waals surface area contributed by atoms with Crippen LogP contribution in [0.2, 0.25) is 10.0 Å². The number of rotatable bonds is 6. The van der Waals surface area contributed by atoms with Gasteiger partial charge in [0.25, 0.3) is 0 Å². The fourth-order valence-electron chi connectivity index (χ4n) is 1.82. The Morgan fingerprint density at radius 1 is 1.05 bits per heavy atom. The third kappa shape index (κ3) is 5.14. The fraction of sp³-hybridized carbons (Fsp3) is 0.294. The van der Waals surface area contributed by atoms with Crippen LogP contribution in [0.4, 0.5) is 5.69 Å². The molecule has 0 aromatic heterocycles. The van der Waals surface area contributed by atoms with Gasteiger partial charge in [-0.3, -0.25) is 0 Å². The van der Waals surface area contributed by atoms with E-state index >= 15 is 0 Å². The van der Waals surface area contributed by atoms with Crippen molar-refractivity contribution >= 4 is 28.9 Å². The molecule has 0 spiro atoms. The van der Waals surface area contributed by atoms with Gasteiger partial charge in [-0.05, 0) is 41.8 Å². The van der Waals surface area contributed by atoms with E-state index in [-0.39, 0.29) is 0 Å². The second kappa shape index (κ2) is 7.58. The lowest BCUT2D eigenvalue weighted by molar-refractivity contribution is 0.271. The minimum Gasteiger partial charge on any atom is -0.493 e. The largest absolute Gasteiger partial charge is 0.493 e. The lowest BCUT2D eigenvalue weighted by Gasteiger charge is -2.11. The van der Waals surface area contributed by atoms with E-state index in [4.69, 9.17) is 27.9 Å². The number of hydrogen-bond acceptors (Lipinski definition) is 2. The third-order valence-electron chi connectivity index (χ3n) is 2.90. The minimum atomic E-state index is 0.517. The summed E-state index contributed by atoms with van der Waals surface area (Å²) in [4.78, 5) is 0. The van der Waals surface area contributed by atoms with Crippen LogP contribution in [0.1, 0.15) is 19.4 Å². The maximum Gasteiger partial charge on any atom is 0.119 e. The molecule has 4 heteroatoms. The van der Waals surface area contributed by atoms with Crippen LogP contribution < -0.4 is 10.1 Å².